The first-order chi connectivity index (χ1) is 13.0. The lowest BCUT2D eigenvalue weighted by Crippen LogP contribution is -2.23. The summed E-state index contributed by atoms with van der Waals surface area (Å²) >= 11 is 1.36. The molecule has 152 valence electrons. The molecule has 1 heterocycles. The van der Waals surface area contributed by atoms with E-state index in [4.69, 9.17) is 4.99 Å². The third-order valence-corrected chi connectivity index (χ3v) is 5.61. The Labute approximate surface area is 176 Å². The van der Waals surface area contributed by atoms with E-state index in [1.54, 1.807) is 17.0 Å². The van der Waals surface area contributed by atoms with Gasteiger partial charge in [-0.15, -0.1) is 28.3 Å². The van der Waals surface area contributed by atoms with E-state index in [2.05, 4.69) is 5.32 Å². The number of thiazole rings is 1. The molecule has 10 heteroatoms. The molecule has 7 nitrogen and oxygen atoms in total. The summed E-state index contributed by atoms with van der Waals surface area (Å²) in [5.74, 6) is -1.26. The van der Waals surface area contributed by atoms with E-state index < -0.39 is 16.6 Å². The van der Waals surface area contributed by atoms with Gasteiger partial charge in [0.1, 0.15) is 11.5 Å². The first kappa shape index (κ1) is 22.2. The Hall–Kier alpha value is -2.07. The van der Waals surface area contributed by atoms with E-state index in [0.717, 1.165) is 35.8 Å². The van der Waals surface area contributed by atoms with Gasteiger partial charge < -0.3 is 9.88 Å². The summed E-state index contributed by atoms with van der Waals surface area (Å²) in [6.45, 7) is 0. The molecule has 0 unspecified atom stereocenters. The predicted octanol–water partition coefficient (Wildman–Crippen LogP) is 4.59. The highest BCUT2D eigenvalue weighted by atomic mass is 79.9. The fraction of sp³-hybridized carbons (Fsp3) is 0.444. The van der Waals surface area contributed by atoms with Crippen LogP contribution < -0.4 is 10.1 Å². The number of anilines is 1. The lowest BCUT2D eigenvalue weighted by Gasteiger charge is -2.08. The van der Waals surface area contributed by atoms with Crippen LogP contribution in [0.15, 0.2) is 28.6 Å². The minimum atomic E-state index is -0.727. The number of carbonyl (C=O) groups is 1. The lowest BCUT2D eigenvalue weighted by molar-refractivity contribution is -0.384. The van der Waals surface area contributed by atoms with Crippen LogP contribution in [0.25, 0.3) is 0 Å². The van der Waals surface area contributed by atoms with Crippen molar-refractivity contribution in [2.75, 3.05) is 5.32 Å². The molecule has 0 spiro atoms. The van der Waals surface area contributed by atoms with Crippen LogP contribution in [0.3, 0.4) is 0 Å². The Bertz CT molecular complexity index is 920. The van der Waals surface area contributed by atoms with Gasteiger partial charge in [0.2, 0.25) is 0 Å². The second-order valence-electron chi connectivity index (χ2n) is 6.61. The quantitative estimate of drug-likeness (QED) is 0.400. The van der Waals surface area contributed by atoms with Crippen LogP contribution in [-0.4, -0.2) is 21.4 Å². The SMILES string of the molecule is Br.Cn1c(C(=O)Nc2cc([N+](=O)[O-])ccc2F)csc1=NC1CCCCCC1. The summed E-state index contributed by atoms with van der Waals surface area (Å²) in [4.78, 5) is 28.3. The molecule has 1 aromatic heterocycles. The second-order valence-corrected chi connectivity index (χ2v) is 7.45. The van der Waals surface area contributed by atoms with Crippen LogP contribution in [0.4, 0.5) is 15.8 Å². The molecule has 28 heavy (non-hydrogen) atoms. The molecule has 1 aliphatic rings. The van der Waals surface area contributed by atoms with Crippen molar-refractivity contribution in [2.45, 2.75) is 44.6 Å². The minimum absolute atomic E-state index is 0. The normalized spacial score (nSPS) is 15.6. The molecule has 0 radical (unpaired) electrons. The predicted molar refractivity (Wildman–Crippen MR) is 112 cm³/mol. The molecular weight excluding hydrogens is 451 g/mol. The minimum Gasteiger partial charge on any atom is -0.318 e. The van der Waals surface area contributed by atoms with E-state index in [1.165, 1.54) is 37.0 Å². The third kappa shape index (κ3) is 5.26. The number of nitro benzene ring substituents is 1. The third-order valence-electron chi connectivity index (χ3n) is 4.68. The van der Waals surface area contributed by atoms with Crippen LogP contribution in [-0.2, 0) is 7.05 Å². The topological polar surface area (TPSA) is 89.5 Å². The zero-order chi connectivity index (χ0) is 19.4. The van der Waals surface area contributed by atoms with Crippen LogP contribution in [0.2, 0.25) is 0 Å². The zero-order valence-electron chi connectivity index (χ0n) is 15.4. The maximum Gasteiger partial charge on any atom is 0.273 e. The van der Waals surface area contributed by atoms with Crippen LogP contribution in [0.1, 0.15) is 49.0 Å². The fourth-order valence-corrected chi connectivity index (χ4v) is 4.09. The number of hydrogen-bond donors (Lipinski definition) is 1. The van der Waals surface area contributed by atoms with E-state index in [-0.39, 0.29) is 34.4 Å². The Kier molecular flexibility index (Phi) is 7.88. The first-order valence-corrected chi connectivity index (χ1v) is 9.77. The van der Waals surface area contributed by atoms with Crippen molar-refractivity contribution in [3.63, 3.8) is 0 Å². The molecule has 0 atom stereocenters. The average molecular weight is 473 g/mol. The van der Waals surface area contributed by atoms with Crippen molar-refractivity contribution < 1.29 is 14.1 Å². The van der Waals surface area contributed by atoms with Crippen molar-refractivity contribution in [1.82, 2.24) is 4.57 Å². The molecule has 2 aromatic rings. The molecule has 1 aromatic carbocycles. The van der Waals surface area contributed by atoms with E-state index >= 15 is 0 Å². The summed E-state index contributed by atoms with van der Waals surface area (Å²) < 4.78 is 15.6. The average Bonchev–Trinajstić information content (AvgIpc) is 2.83. The van der Waals surface area contributed by atoms with Gasteiger partial charge in [-0.1, -0.05) is 25.7 Å². The van der Waals surface area contributed by atoms with E-state index in [9.17, 15) is 19.3 Å². The van der Waals surface area contributed by atoms with Crippen molar-refractivity contribution >= 4 is 45.6 Å². The number of hydrogen-bond acceptors (Lipinski definition) is 5. The number of carbonyl (C=O) groups excluding carboxylic acids is 1. The van der Waals surface area contributed by atoms with Gasteiger partial charge in [-0.05, 0) is 18.9 Å². The maximum atomic E-state index is 13.9. The number of rotatable bonds is 4. The molecule has 3 rings (SSSR count). The van der Waals surface area contributed by atoms with Gasteiger partial charge in [0, 0.05) is 24.6 Å². The van der Waals surface area contributed by atoms with Crippen molar-refractivity contribution in [2.24, 2.45) is 12.0 Å². The van der Waals surface area contributed by atoms with Gasteiger partial charge in [0.05, 0.1) is 16.7 Å². The molecule has 1 N–H and O–H groups in total. The molecule has 1 fully saturated rings. The van der Waals surface area contributed by atoms with Crippen molar-refractivity contribution in [3.05, 3.63) is 50.0 Å². The highest BCUT2D eigenvalue weighted by Gasteiger charge is 2.17. The Morgan fingerprint density at radius 1 is 1.32 bits per heavy atom. The molecule has 0 bridgehead atoms. The molecule has 1 aliphatic carbocycles. The summed E-state index contributed by atoms with van der Waals surface area (Å²) in [6.07, 6.45) is 6.93. The molecular formula is C18H22BrFN4O3S. The number of nitrogens with one attached hydrogen (secondary N) is 1. The van der Waals surface area contributed by atoms with E-state index in [1.807, 2.05) is 0 Å². The van der Waals surface area contributed by atoms with Gasteiger partial charge >= 0.3 is 0 Å². The van der Waals surface area contributed by atoms with Crippen LogP contribution in [0.5, 0.6) is 0 Å². The zero-order valence-corrected chi connectivity index (χ0v) is 17.9. The first-order valence-electron chi connectivity index (χ1n) is 8.89. The second kappa shape index (κ2) is 9.92. The Morgan fingerprint density at radius 2 is 2.00 bits per heavy atom. The smallest absolute Gasteiger partial charge is 0.273 e. The monoisotopic (exact) mass is 472 g/mol. The number of amides is 1. The number of non-ortho nitro benzene ring substituents is 1. The number of halogens is 2. The summed E-state index contributed by atoms with van der Waals surface area (Å²) in [5, 5.41) is 14.9. The fourth-order valence-electron chi connectivity index (χ4n) is 3.14. The Morgan fingerprint density at radius 3 is 2.64 bits per heavy atom. The summed E-state index contributed by atoms with van der Waals surface area (Å²) in [6, 6.07) is 3.30. The largest absolute Gasteiger partial charge is 0.318 e. The van der Waals surface area contributed by atoms with Crippen LogP contribution in [0, 0.1) is 15.9 Å². The highest BCUT2D eigenvalue weighted by Crippen LogP contribution is 2.22. The number of nitro groups is 1. The van der Waals surface area contributed by atoms with Gasteiger partial charge in [0.15, 0.2) is 4.80 Å². The Balaban J connectivity index is 0.00000280. The van der Waals surface area contributed by atoms with Gasteiger partial charge in [-0.3, -0.25) is 19.9 Å². The van der Waals surface area contributed by atoms with Crippen LogP contribution >= 0.6 is 28.3 Å². The molecule has 0 saturated heterocycles. The standard InChI is InChI=1S/C18H21FN4O3S.BrH/c1-22-16(11-27-18(22)20-12-6-4-2-3-5-7-12)17(24)21-15-10-13(23(25)26)8-9-14(15)19;/h8-12H,2-7H2,1H3,(H,21,24);1H. The lowest BCUT2D eigenvalue weighted by atomic mass is 10.1. The van der Waals surface area contributed by atoms with Gasteiger partial charge in [-0.2, -0.15) is 0 Å². The van der Waals surface area contributed by atoms with E-state index in [0.29, 0.717) is 5.69 Å². The van der Waals surface area contributed by atoms with Gasteiger partial charge in [0.25, 0.3) is 11.6 Å². The summed E-state index contributed by atoms with van der Waals surface area (Å²) in [5.41, 5.74) is -0.175. The van der Waals surface area contributed by atoms with Gasteiger partial charge in [-0.25, -0.2) is 4.39 Å². The highest BCUT2D eigenvalue weighted by molar-refractivity contribution is 8.93. The molecule has 1 saturated carbocycles. The number of benzene rings is 1. The number of nitrogens with zero attached hydrogens (tertiary/aromatic N) is 3. The van der Waals surface area contributed by atoms with Crippen molar-refractivity contribution in [3.8, 4) is 0 Å². The van der Waals surface area contributed by atoms with Crippen molar-refractivity contribution in [1.29, 1.82) is 0 Å². The maximum absolute atomic E-state index is 13.9. The summed E-state index contributed by atoms with van der Waals surface area (Å²) in [7, 11) is 1.74. The molecule has 1 amide bonds. The number of aromatic nitrogens is 1. The molecule has 0 aliphatic heterocycles.